The number of amides is 1. The molecule has 0 saturated carbocycles. The van der Waals surface area contributed by atoms with Crippen molar-refractivity contribution in [2.45, 2.75) is 32.4 Å². The number of hydrogen-bond acceptors (Lipinski definition) is 3. The first kappa shape index (κ1) is 14.4. The molecule has 5 nitrogen and oxygen atoms in total. The van der Waals surface area contributed by atoms with Crippen molar-refractivity contribution in [3.63, 3.8) is 0 Å². The highest BCUT2D eigenvalue weighted by Gasteiger charge is 2.38. The molecular formula is C17H18N2O3. The van der Waals surface area contributed by atoms with Crippen LogP contribution < -0.4 is 5.56 Å². The zero-order chi connectivity index (χ0) is 15.7. The van der Waals surface area contributed by atoms with Crippen LogP contribution in [0.15, 0.2) is 41.2 Å². The molecular weight excluding hydrogens is 280 g/mol. The van der Waals surface area contributed by atoms with Crippen molar-refractivity contribution in [3.8, 4) is 5.88 Å². The summed E-state index contributed by atoms with van der Waals surface area (Å²) in [6.45, 7) is 2.50. The van der Waals surface area contributed by atoms with Crippen LogP contribution in [-0.4, -0.2) is 20.9 Å². The molecule has 1 aromatic carbocycles. The maximum Gasteiger partial charge on any atom is 0.255 e. The lowest BCUT2D eigenvalue weighted by molar-refractivity contribution is 0.0700. The molecule has 2 N–H and O–H groups in total. The minimum absolute atomic E-state index is 0.190. The molecule has 0 aliphatic carbocycles. The number of hydrogen-bond donors (Lipinski definition) is 2. The molecule has 2 aromatic rings. The van der Waals surface area contributed by atoms with Gasteiger partial charge < -0.3 is 10.0 Å². The molecule has 0 bridgehead atoms. The summed E-state index contributed by atoms with van der Waals surface area (Å²) in [5.41, 5.74) is 1.43. The van der Waals surface area contributed by atoms with Crippen molar-refractivity contribution in [1.82, 2.24) is 9.88 Å². The highest BCUT2D eigenvalue weighted by Crippen LogP contribution is 2.40. The highest BCUT2D eigenvalue weighted by molar-refractivity contribution is 5.99. The summed E-state index contributed by atoms with van der Waals surface area (Å²) >= 11 is 0. The zero-order valence-electron chi connectivity index (χ0n) is 12.4. The van der Waals surface area contributed by atoms with E-state index in [-0.39, 0.29) is 17.8 Å². The Bertz CT molecular complexity index is 752. The van der Waals surface area contributed by atoms with Gasteiger partial charge >= 0.3 is 0 Å². The van der Waals surface area contributed by atoms with Gasteiger partial charge in [0.1, 0.15) is 0 Å². The van der Waals surface area contributed by atoms with Gasteiger partial charge in [0.05, 0.1) is 11.6 Å². The number of nitrogens with one attached hydrogen (secondary N) is 1. The van der Waals surface area contributed by atoms with Crippen molar-refractivity contribution >= 4 is 5.91 Å². The normalized spacial score (nSPS) is 16.9. The van der Waals surface area contributed by atoms with E-state index in [0.717, 1.165) is 18.4 Å². The lowest BCUT2D eigenvalue weighted by Crippen LogP contribution is -2.27. The first-order valence-corrected chi connectivity index (χ1v) is 7.43. The number of pyridine rings is 1. The van der Waals surface area contributed by atoms with Gasteiger partial charge in [-0.3, -0.25) is 14.6 Å². The van der Waals surface area contributed by atoms with Crippen LogP contribution in [0.3, 0.4) is 0 Å². The number of rotatable bonds is 4. The van der Waals surface area contributed by atoms with Gasteiger partial charge in [0.15, 0.2) is 5.88 Å². The van der Waals surface area contributed by atoms with Gasteiger partial charge in [-0.25, -0.2) is 0 Å². The number of carbonyl (C=O) groups is 1. The molecule has 1 aromatic heterocycles. The summed E-state index contributed by atoms with van der Waals surface area (Å²) < 4.78 is 0. The van der Waals surface area contributed by atoms with E-state index in [2.05, 4.69) is 4.98 Å². The minimum atomic E-state index is -0.457. The smallest absolute Gasteiger partial charge is 0.255 e. The van der Waals surface area contributed by atoms with E-state index in [0.29, 0.717) is 17.7 Å². The van der Waals surface area contributed by atoms with Crippen molar-refractivity contribution < 1.29 is 9.90 Å². The third-order valence-electron chi connectivity index (χ3n) is 4.02. The van der Waals surface area contributed by atoms with Gasteiger partial charge in [-0.2, -0.15) is 0 Å². The van der Waals surface area contributed by atoms with Crippen LogP contribution in [0, 0.1) is 0 Å². The van der Waals surface area contributed by atoms with Crippen molar-refractivity contribution in [2.75, 3.05) is 0 Å². The molecule has 0 radical (unpaired) electrons. The van der Waals surface area contributed by atoms with Gasteiger partial charge in [0.2, 0.25) is 0 Å². The number of carbonyl (C=O) groups excluding carboxylic acids is 1. The molecule has 1 atom stereocenters. The van der Waals surface area contributed by atoms with E-state index in [9.17, 15) is 14.7 Å². The Labute approximate surface area is 128 Å². The van der Waals surface area contributed by atoms with E-state index >= 15 is 0 Å². The number of H-pyrrole nitrogens is 1. The number of nitrogens with zero attached hydrogens (tertiary/aromatic N) is 1. The molecule has 1 amide bonds. The predicted molar refractivity (Wildman–Crippen MR) is 82.7 cm³/mol. The largest absolute Gasteiger partial charge is 0.494 e. The third kappa shape index (κ3) is 2.39. The van der Waals surface area contributed by atoms with E-state index in [1.807, 2.05) is 37.3 Å². The van der Waals surface area contributed by atoms with Gasteiger partial charge in [-0.1, -0.05) is 43.7 Å². The van der Waals surface area contributed by atoms with Crippen LogP contribution in [0.5, 0.6) is 5.88 Å². The monoisotopic (exact) mass is 298 g/mol. The van der Waals surface area contributed by atoms with Gasteiger partial charge in [-0.05, 0) is 12.0 Å². The Morgan fingerprint density at radius 3 is 2.64 bits per heavy atom. The first-order chi connectivity index (χ1) is 10.6. The number of benzene rings is 1. The number of fused-ring (bicyclic) bond motifs is 1. The molecule has 1 aliphatic rings. The Morgan fingerprint density at radius 2 is 1.95 bits per heavy atom. The summed E-state index contributed by atoms with van der Waals surface area (Å²) in [4.78, 5) is 28.3. The average molecular weight is 298 g/mol. The van der Waals surface area contributed by atoms with Crippen LogP contribution >= 0.6 is 0 Å². The van der Waals surface area contributed by atoms with Crippen molar-refractivity contribution in [1.29, 1.82) is 0 Å². The van der Waals surface area contributed by atoms with Gasteiger partial charge in [0, 0.05) is 18.2 Å². The van der Waals surface area contributed by atoms with Crippen molar-refractivity contribution in [3.05, 3.63) is 63.4 Å². The average Bonchev–Trinajstić information content (AvgIpc) is 2.75. The molecule has 0 spiro atoms. The number of aromatic amines is 1. The summed E-state index contributed by atoms with van der Waals surface area (Å²) in [6, 6.07) is 10.8. The molecule has 0 unspecified atom stereocenters. The first-order valence-electron chi connectivity index (χ1n) is 7.43. The zero-order valence-corrected chi connectivity index (χ0v) is 12.4. The van der Waals surface area contributed by atoms with Crippen LogP contribution in [0.1, 0.15) is 47.3 Å². The Balaban J connectivity index is 2.02. The third-order valence-corrected chi connectivity index (χ3v) is 4.02. The van der Waals surface area contributed by atoms with Crippen molar-refractivity contribution in [2.24, 2.45) is 0 Å². The SMILES string of the molecule is CCC[C@@H]1c2c(cc(=O)[nH]c2O)C(=O)N1Cc1ccccc1. The molecule has 22 heavy (non-hydrogen) atoms. The van der Waals surface area contributed by atoms with Gasteiger partial charge in [0.25, 0.3) is 11.5 Å². The Kier molecular flexibility index (Phi) is 3.71. The summed E-state index contributed by atoms with van der Waals surface area (Å²) in [5.74, 6) is -0.386. The Hall–Kier alpha value is -2.56. The molecule has 3 rings (SSSR count). The minimum Gasteiger partial charge on any atom is -0.494 e. The van der Waals surface area contributed by atoms with E-state index in [1.165, 1.54) is 6.07 Å². The second kappa shape index (κ2) is 5.67. The standard InChI is InChI=1S/C17H18N2O3/c1-2-6-13-15-12(9-14(20)18-16(15)21)17(22)19(13)10-11-7-4-3-5-8-11/h3-5,7-9,13H,2,6,10H2,1H3,(H2,18,20,21)/t13-/m1/s1. The lowest BCUT2D eigenvalue weighted by Gasteiger charge is -2.25. The highest BCUT2D eigenvalue weighted by atomic mass is 16.3. The molecule has 1 aliphatic heterocycles. The van der Waals surface area contributed by atoms with Crippen LogP contribution in [-0.2, 0) is 6.54 Å². The molecule has 5 heteroatoms. The fourth-order valence-electron chi connectivity index (χ4n) is 3.06. The topological polar surface area (TPSA) is 73.4 Å². The van der Waals surface area contributed by atoms with Crippen LogP contribution in [0.4, 0.5) is 0 Å². The molecule has 2 heterocycles. The summed E-state index contributed by atoms with van der Waals surface area (Å²) in [5, 5.41) is 10.1. The molecule has 114 valence electrons. The van der Waals surface area contributed by atoms with E-state index in [4.69, 9.17) is 0 Å². The molecule has 0 fully saturated rings. The Morgan fingerprint density at radius 1 is 1.23 bits per heavy atom. The maximum absolute atomic E-state index is 12.7. The maximum atomic E-state index is 12.7. The fraction of sp³-hybridized carbons (Fsp3) is 0.294. The lowest BCUT2D eigenvalue weighted by atomic mass is 10.0. The second-order valence-electron chi connectivity index (χ2n) is 5.53. The van der Waals surface area contributed by atoms with E-state index < -0.39 is 5.56 Å². The predicted octanol–water partition coefficient (Wildman–Crippen LogP) is 2.58. The second-order valence-corrected chi connectivity index (χ2v) is 5.53. The van der Waals surface area contributed by atoms with E-state index in [1.54, 1.807) is 4.90 Å². The van der Waals surface area contributed by atoms with Crippen LogP contribution in [0.25, 0.3) is 0 Å². The fourth-order valence-corrected chi connectivity index (χ4v) is 3.06. The van der Waals surface area contributed by atoms with Crippen LogP contribution in [0.2, 0.25) is 0 Å². The van der Waals surface area contributed by atoms with Gasteiger partial charge in [-0.15, -0.1) is 0 Å². The summed E-state index contributed by atoms with van der Waals surface area (Å²) in [7, 11) is 0. The number of aromatic nitrogens is 1. The quantitative estimate of drug-likeness (QED) is 0.911. The molecule has 0 saturated heterocycles. The summed E-state index contributed by atoms with van der Waals surface area (Å²) in [6.07, 6.45) is 1.62. The number of aromatic hydroxyl groups is 1.